The fraction of sp³-hybridized carbons (Fsp3) is 0.231. The Morgan fingerprint density at radius 2 is 1.94 bits per heavy atom. The summed E-state index contributed by atoms with van der Waals surface area (Å²) in [7, 11) is 0. The summed E-state index contributed by atoms with van der Waals surface area (Å²) in [6.45, 7) is 0.888. The minimum absolute atomic E-state index is 0.204. The predicted molar refractivity (Wildman–Crippen MR) is 64.0 cm³/mol. The first-order chi connectivity index (χ1) is 7.86. The van der Waals surface area contributed by atoms with Crippen LogP contribution in [0.2, 0.25) is 0 Å². The second-order valence-electron chi connectivity index (χ2n) is 3.65. The molecule has 3 heteroatoms. The molecule has 1 aliphatic heterocycles. The minimum atomic E-state index is 0.204. The summed E-state index contributed by atoms with van der Waals surface area (Å²) in [4.78, 5) is 14.3. The van der Waals surface area contributed by atoms with Crippen LogP contribution in [0.3, 0.4) is 0 Å². The van der Waals surface area contributed by atoms with E-state index in [2.05, 4.69) is 22.4 Å². The van der Waals surface area contributed by atoms with E-state index in [1.807, 2.05) is 30.5 Å². The molecule has 0 saturated carbocycles. The number of benzene rings is 1. The molecule has 0 bridgehead atoms. The number of fused-ring (bicyclic) bond motifs is 1. The Morgan fingerprint density at radius 3 is 2.56 bits per heavy atom. The number of hydrogen-bond acceptors (Lipinski definition) is 2. The summed E-state index contributed by atoms with van der Waals surface area (Å²) >= 11 is 0. The van der Waals surface area contributed by atoms with Crippen LogP contribution in [0.4, 0.5) is 0 Å². The Kier molecular flexibility index (Phi) is 3.49. The van der Waals surface area contributed by atoms with Crippen LogP contribution in [0.1, 0.15) is 12.8 Å². The number of pyridine rings is 1. The maximum Gasteiger partial charge on any atom is 0.220 e. The van der Waals surface area contributed by atoms with Gasteiger partial charge in [0.1, 0.15) is 0 Å². The zero-order valence-corrected chi connectivity index (χ0v) is 9.02. The molecule has 1 N–H and O–H groups in total. The van der Waals surface area contributed by atoms with E-state index in [0.29, 0.717) is 0 Å². The van der Waals surface area contributed by atoms with Gasteiger partial charge in [-0.25, -0.2) is 0 Å². The zero-order valence-electron chi connectivity index (χ0n) is 9.02. The fourth-order valence-corrected chi connectivity index (χ4v) is 1.58. The second-order valence-corrected chi connectivity index (χ2v) is 3.65. The molecule has 3 rings (SSSR count). The third kappa shape index (κ3) is 2.79. The lowest BCUT2D eigenvalue weighted by molar-refractivity contribution is -0.119. The number of carbonyl (C=O) groups excluding carboxylic acids is 1. The molecule has 0 unspecified atom stereocenters. The SMILES string of the molecule is O=C1CCCN1.c1ccc2ncccc2c1. The van der Waals surface area contributed by atoms with Gasteiger partial charge in [0, 0.05) is 24.5 Å². The van der Waals surface area contributed by atoms with Gasteiger partial charge in [-0.15, -0.1) is 0 Å². The average molecular weight is 214 g/mol. The molecule has 1 amide bonds. The van der Waals surface area contributed by atoms with Crippen LogP contribution in [0.25, 0.3) is 10.9 Å². The summed E-state index contributed by atoms with van der Waals surface area (Å²) < 4.78 is 0. The first kappa shape index (κ1) is 10.6. The fourth-order valence-electron chi connectivity index (χ4n) is 1.58. The van der Waals surface area contributed by atoms with Crippen molar-refractivity contribution in [3.63, 3.8) is 0 Å². The number of rotatable bonds is 0. The van der Waals surface area contributed by atoms with Gasteiger partial charge < -0.3 is 5.32 Å². The van der Waals surface area contributed by atoms with Crippen molar-refractivity contribution in [2.75, 3.05) is 6.54 Å². The van der Waals surface area contributed by atoms with Gasteiger partial charge in [-0.3, -0.25) is 9.78 Å². The molecular weight excluding hydrogens is 200 g/mol. The third-order valence-corrected chi connectivity index (χ3v) is 2.42. The van der Waals surface area contributed by atoms with Crippen molar-refractivity contribution >= 4 is 16.8 Å². The van der Waals surface area contributed by atoms with Crippen LogP contribution in [-0.2, 0) is 4.79 Å². The molecule has 16 heavy (non-hydrogen) atoms. The summed E-state index contributed by atoms with van der Waals surface area (Å²) in [6.07, 6.45) is 3.57. The summed E-state index contributed by atoms with van der Waals surface area (Å²) in [5.41, 5.74) is 1.06. The number of carbonyl (C=O) groups is 1. The highest BCUT2D eigenvalue weighted by Gasteiger charge is 2.05. The van der Waals surface area contributed by atoms with Gasteiger partial charge in [-0.1, -0.05) is 24.3 Å². The zero-order chi connectivity index (χ0) is 11.2. The summed E-state index contributed by atoms with van der Waals surface area (Å²) in [5.74, 6) is 0.204. The molecule has 2 aromatic rings. The first-order valence-electron chi connectivity index (χ1n) is 5.43. The number of hydrogen-bond donors (Lipinski definition) is 1. The van der Waals surface area contributed by atoms with E-state index in [0.717, 1.165) is 24.9 Å². The van der Waals surface area contributed by atoms with Crippen molar-refractivity contribution in [3.8, 4) is 0 Å². The summed E-state index contributed by atoms with van der Waals surface area (Å²) in [5, 5.41) is 3.88. The maximum absolute atomic E-state index is 10.1. The molecule has 0 radical (unpaired) electrons. The smallest absolute Gasteiger partial charge is 0.220 e. The molecule has 1 saturated heterocycles. The molecule has 1 aromatic carbocycles. The topological polar surface area (TPSA) is 42.0 Å². The number of nitrogens with one attached hydrogen (secondary N) is 1. The molecule has 0 aliphatic carbocycles. The van der Waals surface area contributed by atoms with Crippen LogP contribution >= 0.6 is 0 Å². The van der Waals surface area contributed by atoms with Crippen LogP contribution in [-0.4, -0.2) is 17.4 Å². The Labute approximate surface area is 94.5 Å². The second kappa shape index (κ2) is 5.26. The number of nitrogens with zero attached hydrogens (tertiary/aromatic N) is 1. The molecule has 82 valence electrons. The van der Waals surface area contributed by atoms with Gasteiger partial charge in [-0.2, -0.15) is 0 Å². The van der Waals surface area contributed by atoms with E-state index in [4.69, 9.17) is 0 Å². The van der Waals surface area contributed by atoms with E-state index >= 15 is 0 Å². The summed E-state index contributed by atoms with van der Waals surface area (Å²) in [6, 6.07) is 12.1. The molecule has 1 aliphatic rings. The molecule has 3 nitrogen and oxygen atoms in total. The van der Waals surface area contributed by atoms with E-state index in [1.54, 1.807) is 0 Å². The van der Waals surface area contributed by atoms with Crippen LogP contribution in [0.15, 0.2) is 42.6 Å². The van der Waals surface area contributed by atoms with Crippen molar-refractivity contribution in [2.45, 2.75) is 12.8 Å². The number of amides is 1. The van der Waals surface area contributed by atoms with Crippen LogP contribution in [0.5, 0.6) is 0 Å². The van der Waals surface area contributed by atoms with Gasteiger partial charge >= 0.3 is 0 Å². The lowest BCUT2D eigenvalue weighted by atomic mass is 10.2. The van der Waals surface area contributed by atoms with E-state index in [-0.39, 0.29) is 5.91 Å². The molecule has 1 fully saturated rings. The molecule has 2 heterocycles. The quantitative estimate of drug-likeness (QED) is 0.730. The van der Waals surface area contributed by atoms with Crippen molar-refractivity contribution < 1.29 is 4.79 Å². The average Bonchev–Trinajstić information content (AvgIpc) is 2.81. The monoisotopic (exact) mass is 214 g/mol. The predicted octanol–water partition coefficient (Wildman–Crippen LogP) is 2.13. The molecular formula is C13H14N2O. The third-order valence-electron chi connectivity index (χ3n) is 2.42. The number of para-hydroxylation sites is 1. The maximum atomic E-state index is 10.1. The molecule has 0 spiro atoms. The Hall–Kier alpha value is -1.90. The Morgan fingerprint density at radius 1 is 1.12 bits per heavy atom. The van der Waals surface area contributed by atoms with E-state index in [9.17, 15) is 4.79 Å². The van der Waals surface area contributed by atoms with Gasteiger partial charge in [0.2, 0.25) is 5.91 Å². The normalized spacial score (nSPS) is 14.1. The molecule has 0 atom stereocenters. The van der Waals surface area contributed by atoms with Crippen molar-refractivity contribution in [2.24, 2.45) is 0 Å². The highest BCUT2D eigenvalue weighted by molar-refractivity contribution is 5.78. The lowest BCUT2D eigenvalue weighted by Crippen LogP contribution is -2.12. The van der Waals surface area contributed by atoms with Crippen molar-refractivity contribution in [3.05, 3.63) is 42.6 Å². The number of aromatic nitrogens is 1. The lowest BCUT2D eigenvalue weighted by Gasteiger charge is -1.91. The Balaban J connectivity index is 0.000000138. The highest BCUT2D eigenvalue weighted by Crippen LogP contribution is 2.07. The van der Waals surface area contributed by atoms with Gasteiger partial charge in [0.15, 0.2) is 0 Å². The highest BCUT2D eigenvalue weighted by atomic mass is 16.1. The largest absolute Gasteiger partial charge is 0.356 e. The standard InChI is InChI=1S/C9H7N.C4H7NO/c1-2-6-9-8(4-1)5-3-7-10-9;6-4-2-1-3-5-4/h1-7H;1-3H2,(H,5,6). The van der Waals surface area contributed by atoms with E-state index < -0.39 is 0 Å². The first-order valence-corrected chi connectivity index (χ1v) is 5.43. The molecule has 1 aromatic heterocycles. The van der Waals surface area contributed by atoms with Gasteiger partial charge in [0.25, 0.3) is 0 Å². The van der Waals surface area contributed by atoms with E-state index in [1.165, 1.54) is 5.39 Å². The van der Waals surface area contributed by atoms with Crippen LogP contribution < -0.4 is 5.32 Å². The van der Waals surface area contributed by atoms with Crippen molar-refractivity contribution in [1.82, 2.24) is 10.3 Å². The van der Waals surface area contributed by atoms with Crippen molar-refractivity contribution in [1.29, 1.82) is 0 Å². The Bertz CT molecular complexity index is 409. The van der Waals surface area contributed by atoms with Gasteiger partial charge in [0.05, 0.1) is 5.52 Å². The van der Waals surface area contributed by atoms with Gasteiger partial charge in [-0.05, 0) is 18.6 Å². The minimum Gasteiger partial charge on any atom is -0.356 e. The van der Waals surface area contributed by atoms with Crippen LogP contribution in [0, 0.1) is 0 Å².